The van der Waals surface area contributed by atoms with Gasteiger partial charge in [0.1, 0.15) is 5.69 Å². The van der Waals surface area contributed by atoms with Crippen molar-refractivity contribution in [2.24, 2.45) is 0 Å². The molecular weight excluding hydrogens is 268 g/mol. The van der Waals surface area contributed by atoms with Gasteiger partial charge < -0.3 is 19.2 Å². The van der Waals surface area contributed by atoms with Gasteiger partial charge in [-0.2, -0.15) is 0 Å². The molecule has 1 aromatic heterocycles. The molecule has 0 saturated carbocycles. The van der Waals surface area contributed by atoms with E-state index in [9.17, 15) is 0 Å². The Morgan fingerprint density at radius 3 is 2.48 bits per heavy atom. The second kappa shape index (κ2) is 6.18. The first-order chi connectivity index (χ1) is 9.94. The summed E-state index contributed by atoms with van der Waals surface area (Å²) in [5.41, 5.74) is 1.81. The van der Waals surface area contributed by atoms with Gasteiger partial charge in [0.2, 0.25) is 0 Å². The molecule has 114 valence electrons. The number of methoxy groups -OCH3 is 2. The van der Waals surface area contributed by atoms with E-state index in [4.69, 9.17) is 13.9 Å². The van der Waals surface area contributed by atoms with Crippen LogP contribution in [0.4, 0.5) is 0 Å². The van der Waals surface area contributed by atoms with Crippen molar-refractivity contribution in [3.8, 4) is 22.8 Å². The van der Waals surface area contributed by atoms with E-state index in [0.717, 1.165) is 17.0 Å². The summed E-state index contributed by atoms with van der Waals surface area (Å²) in [4.78, 5) is 4.29. The van der Waals surface area contributed by atoms with Crippen molar-refractivity contribution in [1.29, 1.82) is 0 Å². The summed E-state index contributed by atoms with van der Waals surface area (Å²) >= 11 is 0. The Kier molecular flexibility index (Phi) is 4.53. The lowest BCUT2D eigenvalue weighted by atomic mass is 10.1. The summed E-state index contributed by atoms with van der Waals surface area (Å²) < 4.78 is 16.1. The number of benzene rings is 1. The molecule has 21 heavy (non-hydrogen) atoms. The van der Waals surface area contributed by atoms with Crippen LogP contribution < -0.4 is 14.8 Å². The first-order valence-corrected chi connectivity index (χ1v) is 6.84. The molecular formula is C16H22N2O3. The molecule has 0 atom stereocenters. The Morgan fingerprint density at radius 1 is 1.14 bits per heavy atom. The zero-order valence-corrected chi connectivity index (χ0v) is 13.2. The quantitative estimate of drug-likeness (QED) is 0.916. The van der Waals surface area contributed by atoms with Gasteiger partial charge in [0.25, 0.3) is 0 Å². The normalized spacial score (nSPS) is 11.5. The molecule has 0 aliphatic rings. The van der Waals surface area contributed by atoms with Crippen molar-refractivity contribution < 1.29 is 13.9 Å². The van der Waals surface area contributed by atoms with E-state index in [1.54, 1.807) is 14.2 Å². The van der Waals surface area contributed by atoms with Crippen molar-refractivity contribution in [3.05, 3.63) is 30.3 Å². The van der Waals surface area contributed by atoms with Gasteiger partial charge in [-0.1, -0.05) is 0 Å². The predicted octanol–water partition coefficient (Wildman–Crippen LogP) is 3.25. The van der Waals surface area contributed by atoms with E-state index in [0.29, 0.717) is 18.0 Å². The van der Waals surface area contributed by atoms with E-state index in [1.807, 2.05) is 18.2 Å². The molecule has 0 aliphatic heterocycles. The molecule has 0 amide bonds. The highest BCUT2D eigenvalue weighted by Gasteiger charge is 2.16. The summed E-state index contributed by atoms with van der Waals surface area (Å²) in [6, 6.07) is 5.68. The van der Waals surface area contributed by atoms with Gasteiger partial charge >= 0.3 is 0 Å². The summed E-state index contributed by atoms with van der Waals surface area (Å²) in [5, 5.41) is 3.41. The summed E-state index contributed by atoms with van der Waals surface area (Å²) in [7, 11) is 3.23. The van der Waals surface area contributed by atoms with Gasteiger partial charge in [-0.05, 0) is 39.0 Å². The standard InChI is InChI=1S/C16H22N2O3/c1-16(2,3)18-9-12-15(21-10-17-12)11-6-7-13(19-4)14(8-11)20-5/h6-8,10,18H,9H2,1-5H3. The van der Waals surface area contributed by atoms with Crippen molar-refractivity contribution in [3.63, 3.8) is 0 Å². The second-order valence-electron chi connectivity index (χ2n) is 5.80. The van der Waals surface area contributed by atoms with Gasteiger partial charge in [-0.3, -0.25) is 0 Å². The number of aromatic nitrogens is 1. The lowest BCUT2D eigenvalue weighted by molar-refractivity contribution is 0.355. The molecule has 0 fully saturated rings. The fourth-order valence-corrected chi connectivity index (χ4v) is 1.96. The smallest absolute Gasteiger partial charge is 0.181 e. The molecule has 0 unspecified atom stereocenters. The zero-order valence-electron chi connectivity index (χ0n) is 13.2. The second-order valence-corrected chi connectivity index (χ2v) is 5.80. The zero-order chi connectivity index (χ0) is 15.5. The van der Waals surface area contributed by atoms with Crippen LogP contribution in [0.1, 0.15) is 26.5 Å². The van der Waals surface area contributed by atoms with Crippen molar-refractivity contribution in [2.75, 3.05) is 14.2 Å². The molecule has 0 radical (unpaired) electrons. The molecule has 5 heteroatoms. The van der Waals surface area contributed by atoms with Gasteiger partial charge in [-0.25, -0.2) is 4.98 Å². The lowest BCUT2D eigenvalue weighted by Crippen LogP contribution is -2.35. The minimum atomic E-state index is 0.0216. The van der Waals surface area contributed by atoms with Crippen molar-refractivity contribution >= 4 is 0 Å². The molecule has 1 heterocycles. The third-order valence-electron chi connectivity index (χ3n) is 3.07. The first kappa shape index (κ1) is 15.4. The minimum absolute atomic E-state index is 0.0216. The van der Waals surface area contributed by atoms with Crippen LogP contribution in [0, 0.1) is 0 Å². The topological polar surface area (TPSA) is 56.5 Å². The Bertz CT molecular complexity index is 600. The average Bonchev–Trinajstić information content (AvgIpc) is 2.92. The van der Waals surface area contributed by atoms with Gasteiger partial charge in [0.05, 0.1) is 14.2 Å². The highest BCUT2D eigenvalue weighted by molar-refractivity contribution is 5.64. The molecule has 0 aliphatic carbocycles. The summed E-state index contributed by atoms with van der Waals surface area (Å²) in [6.45, 7) is 6.99. The maximum absolute atomic E-state index is 5.54. The van der Waals surface area contributed by atoms with E-state index in [2.05, 4.69) is 31.1 Å². The molecule has 2 aromatic rings. The number of rotatable bonds is 5. The molecule has 0 saturated heterocycles. The predicted molar refractivity (Wildman–Crippen MR) is 81.6 cm³/mol. The third-order valence-corrected chi connectivity index (χ3v) is 3.07. The van der Waals surface area contributed by atoms with E-state index < -0.39 is 0 Å². The van der Waals surface area contributed by atoms with Crippen molar-refractivity contribution in [1.82, 2.24) is 10.3 Å². The van der Waals surface area contributed by atoms with E-state index in [-0.39, 0.29) is 5.54 Å². The van der Waals surface area contributed by atoms with Crippen LogP contribution in [-0.4, -0.2) is 24.7 Å². The van der Waals surface area contributed by atoms with Crippen molar-refractivity contribution in [2.45, 2.75) is 32.9 Å². The summed E-state index contributed by atoms with van der Waals surface area (Å²) in [5.74, 6) is 2.10. The average molecular weight is 290 g/mol. The van der Waals surface area contributed by atoms with Crippen LogP contribution in [0.2, 0.25) is 0 Å². The van der Waals surface area contributed by atoms with Crippen LogP contribution in [-0.2, 0) is 6.54 Å². The monoisotopic (exact) mass is 290 g/mol. The number of hydrogen-bond donors (Lipinski definition) is 1. The number of nitrogens with zero attached hydrogens (tertiary/aromatic N) is 1. The Hall–Kier alpha value is -2.01. The van der Waals surface area contributed by atoms with E-state index >= 15 is 0 Å². The van der Waals surface area contributed by atoms with Gasteiger partial charge in [-0.15, -0.1) is 0 Å². The fourth-order valence-electron chi connectivity index (χ4n) is 1.96. The first-order valence-electron chi connectivity index (χ1n) is 6.84. The fraction of sp³-hybridized carbons (Fsp3) is 0.438. The highest BCUT2D eigenvalue weighted by atomic mass is 16.5. The molecule has 2 rings (SSSR count). The van der Waals surface area contributed by atoms with Crippen LogP contribution in [0.3, 0.4) is 0 Å². The molecule has 5 nitrogen and oxygen atoms in total. The maximum Gasteiger partial charge on any atom is 0.181 e. The molecule has 0 bridgehead atoms. The largest absolute Gasteiger partial charge is 0.493 e. The van der Waals surface area contributed by atoms with Crippen LogP contribution in [0.5, 0.6) is 11.5 Å². The Labute approximate surface area is 125 Å². The van der Waals surface area contributed by atoms with E-state index in [1.165, 1.54) is 6.39 Å². The summed E-state index contributed by atoms with van der Waals surface area (Å²) in [6.07, 6.45) is 1.46. The Balaban J connectivity index is 2.28. The lowest BCUT2D eigenvalue weighted by Gasteiger charge is -2.19. The van der Waals surface area contributed by atoms with Gasteiger partial charge in [0.15, 0.2) is 23.7 Å². The van der Waals surface area contributed by atoms with Gasteiger partial charge in [0, 0.05) is 17.6 Å². The minimum Gasteiger partial charge on any atom is -0.493 e. The SMILES string of the molecule is COc1ccc(-c2ocnc2CNC(C)(C)C)cc1OC. The van der Waals surface area contributed by atoms with Crippen LogP contribution in [0.25, 0.3) is 11.3 Å². The number of hydrogen-bond acceptors (Lipinski definition) is 5. The molecule has 1 aromatic carbocycles. The number of oxazole rings is 1. The molecule has 1 N–H and O–H groups in total. The van der Waals surface area contributed by atoms with Crippen LogP contribution in [0.15, 0.2) is 29.0 Å². The Morgan fingerprint density at radius 2 is 1.86 bits per heavy atom. The number of nitrogens with one attached hydrogen (secondary N) is 1. The van der Waals surface area contributed by atoms with Crippen LogP contribution >= 0.6 is 0 Å². The molecule has 0 spiro atoms. The third kappa shape index (κ3) is 3.76. The number of ether oxygens (including phenoxy) is 2. The maximum atomic E-state index is 5.54. The highest BCUT2D eigenvalue weighted by Crippen LogP contribution is 2.33.